The van der Waals surface area contributed by atoms with Crippen LogP contribution in [-0.2, 0) is 14.8 Å². The molecule has 0 rings (SSSR count). The van der Waals surface area contributed by atoms with E-state index in [1.54, 1.807) is 0 Å². The van der Waals surface area contributed by atoms with E-state index < -0.39 is 10.0 Å². The summed E-state index contributed by atoms with van der Waals surface area (Å²) < 4.78 is 26.8. The molecule has 0 aliphatic heterocycles. The molecule has 4 nitrogen and oxygen atoms in total. The molecule has 0 aromatic heterocycles. The molecule has 0 saturated heterocycles. The van der Waals surface area contributed by atoms with Crippen molar-refractivity contribution in [3.05, 3.63) is 0 Å². The van der Waals surface area contributed by atoms with E-state index in [-0.39, 0.29) is 5.75 Å². The molecule has 0 heterocycles. The summed E-state index contributed by atoms with van der Waals surface area (Å²) in [7, 11) is -3.28. The van der Waals surface area contributed by atoms with Crippen LogP contribution in [0.2, 0.25) is 0 Å². The summed E-state index contributed by atoms with van der Waals surface area (Å²) in [5.41, 5.74) is 0. The molecule has 0 spiro atoms. The lowest BCUT2D eigenvalue weighted by Crippen LogP contribution is -2.16. The fourth-order valence-electron chi connectivity index (χ4n) is 1.77. The van der Waals surface area contributed by atoms with Gasteiger partial charge >= 0.3 is 0 Å². The standard InChI is InChI=1S/C13H29NO3S/c1-2-3-4-5-6-8-11-17-12-9-7-10-13-18(14,15)16/h2-13H2,1H3,(H2,14,15,16). The Kier molecular flexibility index (Phi) is 11.8. The van der Waals surface area contributed by atoms with E-state index in [1.807, 2.05) is 0 Å². The quantitative estimate of drug-likeness (QED) is 0.527. The minimum atomic E-state index is -3.28. The van der Waals surface area contributed by atoms with Gasteiger partial charge in [-0.25, -0.2) is 13.6 Å². The Labute approximate surface area is 112 Å². The number of ether oxygens (including phenoxy) is 1. The summed E-state index contributed by atoms with van der Waals surface area (Å²) in [6.07, 6.45) is 10.1. The molecular formula is C13H29NO3S. The zero-order valence-corrected chi connectivity index (χ0v) is 12.5. The molecule has 0 saturated carbocycles. The molecule has 0 fully saturated rings. The highest BCUT2D eigenvalue weighted by Gasteiger charge is 2.01. The highest BCUT2D eigenvalue weighted by molar-refractivity contribution is 7.89. The van der Waals surface area contributed by atoms with Crippen LogP contribution < -0.4 is 5.14 Å². The van der Waals surface area contributed by atoms with E-state index >= 15 is 0 Å². The predicted molar refractivity (Wildman–Crippen MR) is 76.0 cm³/mol. The lowest BCUT2D eigenvalue weighted by Gasteiger charge is -2.04. The molecule has 0 aromatic carbocycles. The van der Waals surface area contributed by atoms with Crippen LogP contribution in [0.3, 0.4) is 0 Å². The maximum atomic E-state index is 10.7. The first kappa shape index (κ1) is 17.9. The number of primary sulfonamides is 1. The van der Waals surface area contributed by atoms with Crippen molar-refractivity contribution >= 4 is 10.0 Å². The number of rotatable bonds is 13. The van der Waals surface area contributed by atoms with Gasteiger partial charge in [0.2, 0.25) is 10.0 Å². The lowest BCUT2D eigenvalue weighted by atomic mass is 10.1. The third-order valence-electron chi connectivity index (χ3n) is 2.86. The summed E-state index contributed by atoms with van der Waals surface area (Å²) in [6, 6.07) is 0. The molecule has 0 aliphatic rings. The first-order valence-corrected chi connectivity index (χ1v) is 8.86. The second kappa shape index (κ2) is 11.9. The monoisotopic (exact) mass is 279 g/mol. The summed E-state index contributed by atoms with van der Waals surface area (Å²) in [5.74, 6) is 0.0877. The van der Waals surface area contributed by atoms with Crippen LogP contribution in [0.1, 0.15) is 64.7 Å². The fraction of sp³-hybridized carbons (Fsp3) is 1.00. The van der Waals surface area contributed by atoms with Crippen molar-refractivity contribution in [3.63, 3.8) is 0 Å². The second-order valence-corrected chi connectivity index (χ2v) is 6.54. The van der Waals surface area contributed by atoms with Crippen molar-refractivity contribution in [1.29, 1.82) is 0 Å². The number of hydrogen-bond acceptors (Lipinski definition) is 3. The van der Waals surface area contributed by atoms with Gasteiger partial charge in [-0.3, -0.25) is 0 Å². The molecule has 0 atom stereocenters. The summed E-state index contributed by atoms with van der Waals surface area (Å²) in [5, 5.41) is 4.91. The highest BCUT2D eigenvalue weighted by Crippen LogP contribution is 2.05. The molecular weight excluding hydrogens is 250 g/mol. The van der Waals surface area contributed by atoms with Gasteiger partial charge in [-0.15, -0.1) is 0 Å². The van der Waals surface area contributed by atoms with Crippen LogP contribution in [-0.4, -0.2) is 27.4 Å². The molecule has 18 heavy (non-hydrogen) atoms. The normalized spacial score (nSPS) is 11.9. The maximum absolute atomic E-state index is 10.7. The van der Waals surface area contributed by atoms with Gasteiger partial charge in [0.15, 0.2) is 0 Å². The van der Waals surface area contributed by atoms with Crippen LogP contribution in [0, 0.1) is 0 Å². The lowest BCUT2D eigenvalue weighted by molar-refractivity contribution is 0.126. The molecule has 110 valence electrons. The third-order valence-corrected chi connectivity index (χ3v) is 3.72. The van der Waals surface area contributed by atoms with Gasteiger partial charge in [0.05, 0.1) is 5.75 Å². The van der Waals surface area contributed by atoms with Gasteiger partial charge in [0.25, 0.3) is 0 Å². The average Bonchev–Trinajstić information content (AvgIpc) is 2.29. The topological polar surface area (TPSA) is 69.4 Å². The first-order valence-electron chi connectivity index (χ1n) is 7.14. The molecule has 0 unspecified atom stereocenters. The SMILES string of the molecule is CCCCCCCCOCCCCCS(N)(=O)=O. The molecule has 0 aliphatic carbocycles. The van der Waals surface area contributed by atoms with E-state index in [2.05, 4.69) is 6.92 Å². The zero-order valence-electron chi connectivity index (χ0n) is 11.7. The van der Waals surface area contributed by atoms with Crippen LogP contribution in [0.4, 0.5) is 0 Å². The molecule has 0 bridgehead atoms. The van der Waals surface area contributed by atoms with Crippen molar-refractivity contribution in [3.8, 4) is 0 Å². The smallest absolute Gasteiger partial charge is 0.209 e. The van der Waals surface area contributed by atoms with Crippen molar-refractivity contribution in [1.82, 2.24) is 0 Å². The van der Waals surface area contributed by atoms with E-state index in [4.69, 9.17) is 9.88 Å². The Balaban J connectivity index is 3.03. The van der Waals surface area contributed by atoms with E-state index in [9.17, 15) is 8.42 Å². The third kappa shape index (κ3) is 15.9. The van der Waals surface area contributed by atoms with E-state index in [0.29, 0.717) is 6.42 Å². The van der Waals surface area contributed by atoms with Gasteiger partial charge in [0, 0.05) is 13.2 Å². The second-order valence-electron chi connectivity index (χ2n) is 4.81. The molecule has 0 amide bonds. The minimum Gasteiger partial charge on any atom is -0.381 e. The molecule has 0 radical (unpaired) electrons. The zero-order chi connectivity index (χ0) is 13.7. The Morgan fingerprint density at radius 1 is 0.833 bits per heavy atom. The predicted octanol–water partition coefficient (Wildman–Crippen LogP) is 2.82. The number of hydrogen-bond donors (Lipinski definition) is 1. The first-order chi connectivity index (χ1) is 8.56. The largest absolute Gasteiger partial charge is 0.381 e. The van der Waals surface area contributed by atoms with Crippen molar-refractivity contribution in [2.45, 2.75) is 64.7 Å². The maximum Gasteiger partial charge on any atom is 0.209 e. The highest BCUT2D eigenvalue weighted by atomic mass is 32.2. The molecule has 5 heteroatoms. The fourth-order valence-corrected chi connectivity index (χ4v) is 2.38. The Hall–Kier alpha value is -0.130. The number of nitrogens with two attached hydrogens (primary N) is 1. The molecule has 0 aromatic rings. The average molecular weight is 279 g/mol. The van der Waals surface area contributed by atoms with Crippen molar-refractivity contribution < 1.29 is 13.2 Å². The molecule has 2 N–H and O–H groups in total. The van der Waals surface area contributed by atoms with Gasteiger partial charge < -0.3 is 4.74 Å². The number of unbranched alkanes of at least 4 members (excludes halogenated alkanes) is 7. The van der Waals surface area contributed by atoms with E-state index in [0.717, 1.165) is 32.5 Å². The summed E-state index contributed by atoms with van der Waals surface area (Å²) in [4.78, 5) is 0. The van der Waals surface area contributed by atoms with E-state index in [1.165, 1.54) is 32.1 Å². The number of sulfonamides is 1. The van der Waals surface area contributed by atoms with Gasteiger partial charge in [-0.05, 0) is 19.3 Å². The summed E-state index contributed by atoms with van der Waals surface area (Å²) >= 11 is 0. The van der Waals surface area contributed by atoms with Crippen LogP contribution in [0.15, 0.2) is 0 Å². The van der Waals surface area contributed by atoms with Gasteiger partial charge in [-0.1, -0.05) is 45.4 Å². The van der Waals surface area contributed by atoms with Crippen LogP contribution >= 0.6 is 0 Å². The van der Waals surface area contributed by atoms with Crippen LogP contribution in [0.25, 0.3) is 0 Å². The van der Waals surface area contributed by atoms with Gasteiger partial charge in [-0.2, -0.15) is 0 Å². The van der Waals surface area contributed by atoms with Gasteiger partial charge in [0.1, 0.15) is 0 Å². The Bertz CT molecular complexity index is 265. The van der Waals surface area contributed by atoms with Crippen molar-refractivity contribution in [2.75, 3.05) is 19.0 Å². The summed E-state index contributed by atoms with van der Waals surface area (Å²) in [6.45, 7) is 3.79. The minimum absolute atomic E-state index is 0.0877. The van der Waals surface area contributed by atoms with Crippen molar-refractivity contribution in [2.24, 2.45) is 5.14 Å². The Morgan fingerprint density at radius 2 is 1.33 bits per heavy atom. The van der Waals surface area contributed by atoms with Crippen LogP contribution in [0.5, 0.6) is 0 Å². The Morgan fingerprint density at radius 3 is 1.89 bits per heavy atom.